The van der Waals surface area contributed by atoms with Crippen LogP contribution in [0.2, 0.25) is 5.02 Å². The molecule has 0 radical (unpaired) electrons. The van der Waals surface area contributed by atoms with E-state index in [1.165, 1.54) is 0 Å². The number of aryl methyl sites for hydroxylation is 1. The Hall–Kier alpha value is -3.12. The SMILES string of the molecule is Cc1ccc(NC(=O)C2CC2)cc1NC(=O)c1cc(-c2cccc(Cl)c2)on1. The molecule has 2 N–H and O–H groups in total. The van der Waals surface area contributed by atoms with Gasteiger partial charge >= 0.3 is 0 Å². The molecule has 1 aromatic heterocycles. The molecule has 4 rings (SSSR count). The number of rotatable bonds is 5. The van der Waals surface area contributed by atoms with Gasteiger partial charge in [-0.3, -0.25) is 9.59 Å². The zero-order valence-corrected chi connectivity index (χ0v) is 15.9. The van der Waals surface area contributed by atoms with Crippen molar-refractivity contribution < 1.29 is 14.1 Å². The van der Waals surface area contributed by atoms with Crippen molar-refractivity contribution in [3.8, 4) is 11.3 Å². The summed E-state index contributed by atoms with van der Waals surface area (Å²) in [6, 6.07) is 14.1. The fourth-order valence-electron chi connectivity index (χ4n) is 2.77. The smallest absolute Gasteiger partial charge is 0.277 e. The molecule has 2 amide bonds. The number of hydrogen-bond donors (Lipinski definition) is 2. The highest BCUT2D eigenvalue weighted by Crippen LogP contribution is 2.31. The first-order valence-corrected chi connectivity index (χ1v) is 9.33. The highest BCUT2D eigenvalue weighted by atomic mass is 35.5. The van der Waals surface area contributed by atoms with E-state index in [4.69, 9.17) is 16.1 Å². The fourth-order valence-corrected chi connectivity index (χ4v) is 2.96. The van der Waals surface area contributed by atoms with Crippen molar-refractivity contribution in [3.05, 3.63) is 64.8 Å². The summed E-state index contributed by atoms with van der Waals surface area (Å²) in [4.78, 5) is 24.5. The minimum Gasteiger partial charge on any atom is -0.355 e. The quantitative estimate of drug-likeness (QED) is 0.643. The summed E-state index contributed by atoms with van der Waals surface area (Å²) in [5.74, 6) is 0.184. The first-order chi connectivity index (χ1) is 13.5. The van der Waals surface area contributed by atoms with Gasteiger partial charge in [0.05, 0.1) is 0 Å². The van der Waals surface area contributed by atoms with Crippen LogP contribution < -0.4 is 10.6 Å². The van der Waals surface area contributed by atoms with Gasteiger partial charge in [-0.05, 0) is 49.6 Å². The number of carbonyl (C=O) groups excluding carboxylic acids is 2. The molecular weight excluding hydrogens is 378 g/mol. The van der Waals surface area contributed by atoms with Crippen LogP contribution in [0.15, 0.2) is 53.1 Å². The van der Waals surface area contributed by atoms with Gasteiger partial charge < -0.3 is 15.2 Å². The first kappa shape index (κ1) is 18.3. The molecule has 6 nitrogen and oxygen atoms in total. The predicted molar refractivity (Wildman–Crippen MR) is 107 cm³/mol. The van der Waals surface area contributed by atoms with Gasteiger partial charge in [-0.1, -0.05) is 35.0 Å². The molecular formula is C21H18ClN3O3. The summed E-state index contributed by atoms with van der Waals surface area (Å²) >= 11 is 5.99. The van der Waals surface area contributed by atoms with E-state index in [1.807, 2.05) is 25.1 Å². The highest BCUT2D eigenvalue weighted by Gasteiger charge is 2.29. The lowest BCUT2D eigenvalue weighted by Crippen LogP contribution is -2.15. The Balaban J connectivity index is 1.49. The van der Waals surface area contributed by atoms with Crippen LogP contribution in [0.25, 0.3) is 11.3 Å². The lowest BCUT2D eigenvalue weighted by Gasteiger charge is -2.10. The molecule has 0 unspecified atom stereocenters. The molecule has 1 fully saturated rings. The average Bonchev–Trinajstić information content (AvgIpc) is 3.41. The van der Waals surface area contributed by atoms with E-state index in [9.17, 15) is 9.59 Å². The summed E-state index contributed by atoms with van der Waals surface area (Å²) in [5.41, 5.74) is 3.02. The molecule has 0 spiro atoms. The van der Waals surface area contributed by atoms with Gasteiger partial charge in [0.25, 0.3) is 5.91 Å². The van der Waals surface area contributed by atoms with E-state index in [2.05, 4.69) is 15.8 Å². The summed E-state index contributed by atoms with van der Waals surface area (Å²) in [6.45, 7) is 1.88. The monoisotopic (exact) mass is 395 g/mol. The Bertz CT molecular complexity index is 1060. The van der Waals surface area contributed by atoms with Crippen molar-refractivity contribution in [2.75, 3.05) is 10.6 Å². The molecule has 0 aliphatic heterocycles. The van der Waals surface area contributed by atoms with Crippen LogP contribution >= 0.6 is 11.6 Å². The minimum absolute atomic E-state index is 0.0174. The molecule has 3 aromatic rings. The molecule has 0 saturated heterocycles. The van der Waals surface area contributed by atoms with Crippen LogP contribution in [0.3, 0.4) is 0 Å². The maximum Gasteiger partial charge on any atom is 0.277 e. The number of carbonyl (C=O) groups is 2. The lowest BCUT2D eigenvalue weighted by atomic mass is 10.1. The molecule has 1 aliphatic carbocycles. The number of nitrogens with zero attached hydrogens (tertiary/aromatic N) is 1. The number of amides is 2. The van der Waals surface area contributed by atoms with Crippen molar-refractivity contribution >= 4 is 34.8 Å². The van der Waals surface area contributed by atoms with Crippen molar-refractivity contribution in [3.63, 3.8) is 0 Å². The van der Waals surface area contributed by atoms with Gasteiger partial charge in [0.1, 0.15) is 0 Å². The standard InChI is InChI=1S/C21H18ClN3O3/c1-12-5-8-16(23-20(26)13-6-7-13)10-17(12)24-21(27)18-11-19(28-25-18)14-3-2-4-15(22)9-14/h2-5,8-11,13H,6-7H2,1H3,(H,23,26)(H,24,27). The molecule has 28 heavy (non-hydrogen) atoms. The van der Waals surface area contributed by atoms with E-state index in [0.29, 0.717) is 22.2 Å². The number of benzene rings is 2. The summed E-state index contributed by atoms with van der Waals surface area (Å²) < 4.78 is 5.28. The zero-order valence-electron chi connectivity index (χ0n) is 15.2. The number of nitrogens with one attached hydrogen (secondary N) is 2. The van der Waals surface area contributed by atoms with Gasteiger partial charge in [-0.2, -0.15) is 0 Å². The third kappa shape index (κ3) is 4.07. The topological polar surface area (TPSA) is 84.2 Å². The van der Waals surface area contributed by atoms with Crippen molar-refractivity contribution in [1.82, 2.24) is 5.16 Å². The summed E-state index contributed by atoms with van der Waals surface area (Å²) in [5, 5.41) is 10.1. The van der Waals surface area contributed by atoms with Crippen molar-refractivity contribution in [2.45, 2.75) is 19.8 Å². The van der Waals surface area contributed by atoms with Crippen molar-refractivity contribution in [2.24, 2.45) is 5.92 Å². The predicted octanol–water partition coefficient (Wildman–Crippen LogP) is 4.90. The van der Waals surface area contributed by atoms with Crippen LogP contribution in [0.1, 0.15) is 28.9 Å². The molecule has 2 aromatic carbocycles. The number of aromatic nitrogens is 1. The minimum atomic E-state index is -0.397. The second kappa shape index (κ2) is 7.48. The van der Waals surface area contributed by atoms with Gasteiger partial charge in [0.2, 0.25) is 5.91 Å². The molecule has 0 bridgehead atoms. The van der Waals surface area contributed by atoms with Gasteiger partial charge in [-0.15, -0.1) is 0 Å². The largest absolute Gasteiger partial charge is 0.355 e. The summed E-state index contributed by atoms with van der Waals surface area (Å²) in [7, 11) is 0. The van der Waals surface area contributed by atoms with Crippen LogP contribution in [0, 0.1) is 12.8 Å². The highest BCUT2D eigenvalue weighted by molar-refractivity contribution is 6.30. The molecule has 1 heterocycles. The molecule has 7 heteroatoms. The normalized spacial score (nSPS) is 13.2. The molecule has 142 valence electrons. The van der Waals surface area contributed by atoms with E-state index >= 15 is 0 Å². The van der Waals surface area contributed by atoms with E-state index in [-0.39, 0.29) is 17.5 Å². The second-order valence-corrected chi connectivity index (χ2v) is 7.27. The lowest BCUT2D eigenvalue weighted by molar-refractivity contribution is -0.117. The van der Waals surface area contributed by atoms with Crippen molar-refractivity contribution in [1.29, 1.82) is 0 Å². The number of hydrogen-bond acceptors (Lipinski definition) is 4. The Labute approximate surface area is 166 Å². The van der Waals surface area contributed by atoms with E-state index < -0.39 is 5.91 Å². The van der Waals surface area contributed by atoms with Crippen LogP contribution in [-0.2, 0) is 4.79 Å². The molecule has 1 aliphatic rings. The average molecular weight is 396 g/mol. The third-order valence-corrected chi connectivity index (χ3v) is 4.79. The van der Waals surface area contributed by atoms with Gasteiger partial charge in [-0.25, -0.2) is 0 Å². The Morgan fingerprint density at radius 3 is 2.68 bits per heavy atom. The zero-order chi connectivity index (χ0) is 19.7. The third-order valence-electron chi connectivity index (χ3n) is 4.55. The van der Waals surface area contributed by atoms with Crippen LogP contribution in [0.4, 0.5) is 11.4 Å². The maximum atomic E-state index is 12.6. The maximum absolute atomic E-state index is 12.6. The first-order valence-electron chi connectivity index (χ1n) is 8.95. The second-order valence-electron chi connectivity index (χ2n) is 6.83. The number of halogens is 1. The van der Waals surface area contributed by atoms with Gasteiger partial charge in [0.15, 0.2) is 11.5 Å². The van der Waals surface area contributed by atoms with Gasteiger partial charge in [0, 0.05) is 33.9 Å². The Morgan fingerprint density at radius 1 is 1.11 bits per heavy atom. The Morgan fingerprint density at radius 2 is 1.93 bits per heavy atom. The molecule has 0 atom stereocenters. The Kier molecular flexibility index (Phi) is 4.88. The van der Waals surface area contributed by atoms with E-state index in [1.54, 1.807) is 30.3 Å². The summed E-state index contributed by atoms with van der Waals surface area (Å²) in [6.07, 6.45) is 1.87. The van der Waals surface area contributed by atoms with Crippen LogP contribution in [0.5, 0.6) is 0 Å². The molecule has 1 saturated carbocycles. The number of anilines is 2. The fraction of sp³-hybridized carbons (Fsp3) is 0.190. The van der Waals surface area contributed by atoms with Crippen LogP contribution in [-0.4, -0.2) is 17.0 Å². The van der Waals surface area contributed by atoms with E-state index in [0.717, 1.165) is 24.0 Å².